The van der Waals surface area contributed by atoms with E-state index in [0.29, 0.717) is 12.5 Å². The number of fused-ring (bicyclic) bond motifs is 1. The Morgan fingerprint density at radius 3 is 3.06 bits per heavy atom. The molecule has 0 saturated carbocycles. The van der Waals surface area contributed by atoms with Crippen molar-refractivity contribution in [2.45, 2.75) is 19.9 Å². The molecule has 0 aliphatic heterocycles. The van der Waals surface area contributed by atoms with Crippen LogP contribution in [0.15, 0.2) is 22.8 Å². The van der Waals surface area contributed by atoms with Gasteiger partial charge in [0.2, 0.25) is 11.9 Å². The highest BCUT2D eigenvalue weighted by Gasteiger charge is 2.13. The van der Waals surface area contributed by atoms with Crippen LogP contribution in [0.5, 0.6) is 0 Å². The van der Waals surface area contributed by atoms with Gasteiger partial charge < -0.3 is 10.6 Å². The molecule has 0 aliphatic rings. The number of amides is 1. The topological polar surface area (TPSA) is 71.3 Å². The summed E-state index contributed by atoms with van der Waals surface area (Å²) < 4.78 is 2.57. The van der Waals surface area contributed by atoms with E-state index in [-0.39, 0.29) is 11.9 Å². The number of anilines is 1. The average Bonchev–Trinajstić information content (AvgIpc) is 2.70. The highest BCUT2D eigenvalue weighted by atomic mass is 79.9. The van der Waals surface area contributed by atoms with E-state index in [1.807, 2.05) is 25.3 Å². The van der Waals surface area contributed by atoms with Gasteiger partial charge in [-0.1, -0.05) is 0 Å². The number of rotatable bonds is 4. The molecule has 7 heteroatoms. The highest BCUT2D eigenvalue weighted by Crippen LogP contribution is 2.12. The van der Waals surface area contributed by atoms with Gasteiger partial charge in [-0.15, -0.1) is 5.10 Å². The average molecular weight is 312 g/mol. The standard InChI is InChI=1S/C11H14BrN5O/c1-3-13-10(18)7(2)14-11-15-9-5-4-8(12)6-17(9)16-11/h4-7H,3H2,1-2H3,(H,13,18)(H,14,16). The largest absolute Gasteiger partial charge is 0.355 e. The Morgan fingerprint density at radius 1 is 1.56 bits per heavy atom. The Kier molecular flexibility index (Phi) is 3.81. The van der Waals surface area contributed by atoms with Gasteiger partial charge >= 0.3 is 0 Å². The molecule has 2 aromatic heterocycles. The first-order chi connectivity index (χ1) is 8.60. The molecule has 2 heterocycles. The van der Waals surface area contributed by atoms with Crippen molar-refractivity contribution in [2.75, 3.05) is 11.9 Å². The van der Waals surface area contributed by atoms with Gasteiger partial charge in [0.1, 0.15) is 6.04 Å². The van der Waals surface area contributed by atoms with Crippen LogP contribution in [0.3, 0.4) is 0 Å². The molecule has 0 radical (unpaired) electrons. The minimum atomic E-state index is -0.370. The molecule has 2 aromatic rings. The Bertz CT molecular complexity index is 568. The van der Waals surface area contributed by atoms with Gasteiger partial charge in [-0.3, -0.25) is 4.79 Å². The van der Waals surface area contributed by atoms with Gasteiger partial charge in [0.25, 0.3) is 0 Å². The van der Waals surface area contributed by atoms with E-state index in [1.54, 1.807) is 11.4 Å². The van der Waals surface area contributed by atoms with E-state index in [0.717, 1.165) is 10.1 Å². The van der Waals surface area contributed by atoms with E-state index in [1.165, 1.54) is 0 Å². The van der Waals surface area contributed by atoms with Crippen LogP contribution in [-0.4, -0.2) is 33.1 Å². The lowest BCUT2D eigenvalue weighted by atomic mass is 10.3. The van der Waals surface area contributed by atoms with Gasteiger partial charge in [-0.2, -0.15) is 4.98 Å². The van der Waals surface area contributed by atoms with Crippen molar-refractivity contribution in [3.63, 3.8) is 0 Å². The lowest BCUT2D eigenvalue weighted by Gasteiger charge is -2.10. The van der Waals surface area contributed by atoms with Crippen molar-refractivity contribution in [1.82, 2.24) is 19.9 Å². The molecule has 0 aromatic carbocycles. The molecule has 1 unspecified atom stereocenters. The number of aromatic nitrogens is 3. The first-order valence-electron chi connectivity index (χ1n) is 5.66. The number of nitrogens with zero attached hydrogens (tertiary/aromatic N) is 3. The molecular formula is C11H14BrN5O. The van der Waals surface area contributed by atoms with Gasteiger partial charge in [0.05, 0.1) is 0 Å². The quantitative estimate of drug-likeness (QED) is 0.896. The molecule has 0 aliphatic carbocycles. The smallest absolute Gasteiger partial charge is 0.243 e. The Balaban J connectivity index is 2.14. The van der Waals surface area contributed by atoms with E-state index in [2.05, 4.69) is 36.6 Å². The summed E-state index contributed by atoms with van der Waals surface area (Å²) in [5.74, 6) is 0.365. The van der Waals surface area contributed by atoms with Gasteiger partial charge in [0.15, 0.2) is 5.65 Å². The fourth-order valence-corrected chi connectivity index (χ4v) is 1.83. The zero-order valence-electron chi connectivity index (χ0n) is 10.1. The second kappa shape index (κ2) is 5.34. The number of carbonyl (C=O) groups excluding carboxylic acids is 1. The number of carbonyl (C=O) groups is 1. The molecule has 0 spiro atoms. The maximum atomic E-state index is 11.6. The Morgan fingerprint density at radius 2 is 2.33 bits per heavy atom. The normalized spacial score (nSPS) is 12.4. The van der Waals surface area contributed by atoms with Crippen molar-refractivity contribution in [3.8, 4) is 0 Å². The van der Waals surface area contributed by atoms with Gasteiger partial charge in [-0.25, -0.2) is 4.52 Å². The molecule has 1 amide bonds. The molecule has 1 atom stereocenters. The number of pyridine rings is 1. The second-order valence-electron chi connectivity index (χ2n) is 3.85. The predicted octanol–water partition coefficient (Wildman–Crippen LogP) is 1.43. The Labute approximate surface area is 113 Å². The van der Waals surface area contributed by atoms with Crippen LogP contribution in [0, 0.1) is 0 Å². The third-order valence-electron chi connectivity index (χ3n) is 2.38. The third-order valence-corrected chi connectivity index (χ3v) is 2.85. The van der Waals surface area contributed by atoms with Crippen molar-refractivity contribution < 1.29 is 4.79 Å². The number of hydrogen-bond acceptors (Lipinski definition) is 4. The van der Waals surface area contributed by atoms with Crippen LogP contribution in [0.2, 0.25) is 0 Å². The minimum Gasteiger partial charge on any atom is -0.355 e. The first-order valence-corrected chi connectivity index (χ1v) is 6.45. The second-order valence-corrected chi connectivity index (χ2v) is 4.76. The molecular weight excluding hydrogens is 298 g/mol. The zero-order valence-corrected chi connectivity index (χ0v) is 11.7. The molecule has 0 bridgehead atoms. The molecule has 18 heavy (non-hydrogen) atoms. The summed E-state index contributed by atoms with van der Waals surface area (Å²) in [5, 5.41) is 9.94. The lowest BCUT2D eigenvalue weighted by molar-refractivity contribution is -0.121. The van der Waals surface area contributed by atoms with E-state index in [4.69, 9.17) is 0 Å². The van der Waals surface area contributed by atoms with Crippen LogP contribution in [-0.2, 0) is 4.79 Å². The monoisotopic (exact) mass is 311 g/mol. The van der Waals surface area contributed by atoms with Crippen LogP contribution >= 0.6 is 15.9 Å². The van der Waals surface area contributed by atoms with Crippen molar-refractivity contribution >= 4 is 33.4 Å². The van der Waals surface area contributed by atoms with Crippen LogP contribution in [0.4, 0.5) is 5.95 Å². The van der Waals surface area contributed by atoms with E-state index in [9.17, 15) is 4.79 Å². The maximum Gasteiger partial charge on any atom is 0.243 e. The number of hydrogen-bond donors (Lipinski definition) is 2. The minimum absolute atomic E-state index is 0.0717. The first kappa shape index (κ1) is 12.8. The summed E-state index contributed by atoms with van der Waals surface area (Å²) in [4.78, 5) is 15.8. The van der Waals surface area contributed by atoms with Crippen LogP contribution < -0.4 is 10.6 Å². The molecule has 2 rings (SSSR count). The van der Waals surface area contributed by atoms with Gasteiger partial charge in [-0.05, 0) is 41.9 Å². The lowest BCUT2D eigenvalue weighted by Crippen LogP contribution is -2.37. The highest BCUT2D eigenvalue weighted by molar-refractivity contribution is 9.10. The summed E-state index contributed by atoms with van der Waals surface area (Å²) in [7, 11) is 0. The van der Waals surface area contributed by atoms with Crippen molar-refractivity contribution in [3.05, 3.63) is 22.8 Å². The molecule has 6 nitrogen and oxygen atoms in total. The van der Waals surface area contributed by atoms with E-state index < -0.39 is 0 Å². The van der Waals surface area contributed by atoms with E-state index >= 15 is 0 Å². The SMILES string of the molecule is CCNC(=O)C(C)Nc1nc2ccc(Br)cn2n1. The zero-order chi connectivity index (χ0) is 13.1. The van der Waals surface area contributed by atoms with Gasteiger partial charge in [0, 0.05) is 17.2 Å². The number of nitrogens with one attached hydrogen (secondary N) is 2. The Hall–Kier alpha value is -1.63. The van der Waals surface area contributed by atoms with Crippen LogP contribution in [0.25, 0.3) is 5.65 Å². The summed E-state index contributed by atoms with van der Waals surface area (Å²) in [6, 6.07) is 3.37. The maximum absolute atomic E-state index is 11.6. The predicted molar refractivity (Wildman–Crippen MR) is 72.5 cm³/mol. The fourth-order valence-electron chi connectivity index (χ4n) is 1.51. The summed E-state index contributed by atoms with van der Waals surface area (Å²) >= 11 is 3.36. The summed E-state index contributed by atoms with van der Waals surface area (Å²) in [6.07, 6.45) is 1.81. The number of likely N-dealkylation sites (N-methyl/N-ethyl adjacent to an activating group) is 1. The summed E-state index contributed by atoms with van der Waals surface area (Å²) in [5.41, 5.74) is 0.726. The summed E-state index contributed by atoms with van der Waals surface area (Å²) in [6.45, 7) is 4.26. The van der Waals surface area contributed by atoms with Crippen molar-refractivity contribution in [2.24, 2.45) is 0 Å². The molecule has 0 fully saturated rings. The van der Waals surface area contributed by atoms with Crippen molar-refractivity contribution in [1.29, 1.82) is 0 Å². The molecule has 96 valence electrons. The van der Waals surface area contributed by atoms with Crippen LogP contribution in [0.1, 0.15) is 13.8 Å². The number of halogens is 1. The fraction of sp³-hybridized carbons (Fsp3) is 0.364. The molecule has 2 N–H and O–H groups in total. The third kappa shape index (κ3) is 2.79. The molecule has 0 saturated heterocycles.